The molecule has 0 spiro atoms. The van der Waals surface area contributed by atoms with Crippen LogP contribution in [0.3, 0.4) is 0 Å². The smallest absolute Gasteiger partial charge is 0.222 e. The van der Waals surface area contributed by atoms with E-state index in [0.29, 0.717) is 12.3 Å². The van der Waals surface area contributed by atoms with Crippen LogP contribution in [0.25, 0.3) is 0 Å². The minimum absolute atomic E-state index is 0.0163. The number of nitrogens with two attached hydrogens (primary N) is 1. The number of pyridine rings is 1. The maximum Gasteiger partial charge on any atom is 0.222 e. The number of nitrogens with zero attached hydrogens (tertiary/aromatic N) is 1. The first-order valence-electron chi connectivity index (χ1n) is 6.12. The van der Waals surface area contributed by atoms with Crippen molar-refractivity contribution in [2.75, 3.05) is 0 Å². The number of carbonyl (C=O) groups excluding carboxylic acids is 1. The lowest BCUT2D eigenvalue weighted by atomic mass is 10.1. The molecule has 3 N–H and O–H groups in total. The summed E-state index contributed by atoms with van der Waals surface area (Å²) in [6, 6.07) is 5.65. The minimum Gasteiger partial charge on any atom is -0.348 e. The van der Waals surface area contributed by atoms with Gasteiger partial charge in [0.2, 0.25) is 5.91 Å². The molecule has 0 saturated heterocycles. The number of hydrogen-bond donors (Lipinski definition) is 2. The van der Waals surface area contributed by atoms with Crippen LogP contribution in [0.4, 0.5) is 0 Å². The van der Waals surface area contributed by atoms with Gasteiger partial charge in [0.25, 0.3) is 0 Å². The Labute approximate surface area is 102 Å². The Kier molecular flexibility index (Phi) is 3.74. The zero-order chi connectivity index (χ0) is 12.3. The average molecular weight is 233 g/mol. The van der Waals surface area contributed by atoms with Crippen molar-refractivity contribution in [1.82, 2.24) is 10.3 Å². The Balaban J connectivity index is 1.81. The predicted octanol–water partition coefficient (Wildman–Crippen LogP) is 1.39. The van der Waals surface area contributed by atoms with Crippen molar-refractivity contribution in [3.05, 3.63) is 30.1 Å². The summed E-state index contributed by atoms with van der Waals surface area (Å²) in [4.78, 5) is 16.0. The van der Waals surface area contributed by atoms with Gasteiger partial charge in [-0.1, -0.05) is 6.07 Å². The molecular weight excluding hydrogens is 214 g/mol. The first-order valence-corrected chi connectivity index (χ1v) is 6.12. The normalized spacial score (nSPS) is 18.5. The highest BCUT2D eigenvalue weighted by Gasteiger charge is 2.30. The van der Waals surface area contributed by atoms with Gasteiger partial charge in [0.05, 0.1) is 11.7 Å². The van der Waals surface area contributed by atoms with E-state index in [1.807, 2.05) is 25.1 Å². The Morgan fingerprint density at radius 2 is 2.35 bits per heavy atom. The van der Waals surface area contributed by atoms with Gasteiger partial charge >= 0.3 is 0 Å². The number of nitrogens with one attached hydrogen (secondary N) is 1. The van der Waals surface area contributed by atoms with E-state index < -0.39 is 0 Å². The van der Waals surface area contributed by atoms with Crippen LogP contribution in [0.5, 0.6) is 0 Å². The molecule has 1 aromatic rings. The number of carbonyl (C=O) groups is 1. The molecule has 0 aromatic carbocycles. The molecule has 4 nitrogen and oxygen atoms in total. The molecule has 1 aromatic heterocycles. The highest BCUT2D eigenvalue weighted by atomic mass is 16.1. The second kappa shape index (κ2) is 5.27. The van der Waals surface area contributed by atoms with Gasteiger partial charge < -0.3 is 11.1 Å². The molecular formula is C13H19N3O. The zero-order valence-electron chi connectivity index (χ0n) is 10.1. The van der Waals surface area contributed by atoms with Crippen LogP contribution in [-0.4, -0.2) is 16.9 Å². The van der Waals surface area contributed by atoms with Crippen molar-refractivity contribution in [2.24, 2.45) is 11.7 Å². The Morgan fingerprint density at radius 3 is 2.94 bits per heavy atom. The van der Waals surface area contributed by atoms with Crippen LogP contribution in [0.1, 0.15) is 37.9 Å². The fourth-order valence-corrected chi connectivity index (χ4v) is 1.91. The summed E-state index contributed by atoms with van der Waals surface area (Å²) in [5.74, 6) is 0.577. The van der Waals surface area contributed by atoms with Gasteiger partial charge in [-0.05, 0) is 37.8 Å². The van der Waals surface area contributed by atoms with Crippen LogP contribution in [-0.2, 0) is 4.79 Å². The number of amides is 1. The maximum absolute atomic E-state index is 11.8. The van der Waals surface area contributed by atoms with Gasteiger partial charge in [0.1, 0.15) is 0 Å². The third-order valence-electron chi connectivity index (χ3n) is 3.16. The van der Waals surface area contributed by atoms with Gasteiger partial charge in [-0.25, -0.2) is 0 Å². The van der Waals surface area contributed by atoms with E-state index in [1.54, 1.807) is 6.20 Å². The average Bonchev–Trinajstić information content (AvgIpc) is 3.13. The Morgan fingerprint density at radius 1 is 1.59 bits per heavy atom. The molecule has 1 unspecified atom stereocenters. The maximum atomic E-state index is 11.8. The van der Waals surface area contributed by atoms with Crippen molar-refractivity contribution in [3.8, 4) is 0 Å². The van der Waals surface area contributed by atoms with E-state index >= 15 is 0 Å². The first kappa shape index (κ1) is 12.0. The molecule has 4 heteroatoms. The number of aromatic nitrogens is 1. The Bertz CT molecular complexity index is 376. The van der Waals surface area contributed by atoms with Crippen LogP contribution in [0.2, 0.25) is 0 Å². The standard InChI is InChI=1S/C13H19N3O/c1-9(12-4-2-3-7-15-12)16-13(17)8-11(14)10-5-6-10/h2-4,7,9-11H,5-6,8,14H2,1H3,(H,16,17)/t9-,11?/m1/s1. The van der Waals surface area contributed by atoms with E-state index in [4.69, 9.17) is 5.73 Å². The lowest BCUT2D eigenvalue weighted by Gasteiger charge is -2.15. The van der Waals surface area contributed by atoms with E-state index in [-0.39, 0.29) is 18.0 Å². The molecule has 1 amide bonds. The summed E-state index contributed by atoms with van der Waals surface area (Å²) >= 11 is 0. The van der Waals surface area contributed by atoms with E-state index in [1.165, 1.54) is 12.8 Å². The molecule has 92 valence electrons. The van der Waals surface area contributed by atoms with Crippen LogP contribution >= 0.6 is 0 Å². The lowest BCUT2D eigenvalue weighted by molar-refractivity contribution is -0.122. The Hall–Kier alpha value is -1.42. The quantitative estimate of drug-likeness (QED) is 0.807. The molecule has 2 rings (SSSR count). The van der Waals surface area contributed by atoms with Crippen LogP contribution in [0, 0.1) is 5.92 Å². The summed E-state index contributed by atoms with van der Waals surface area (Å²) in [5, 5.41) is 2.93. The zero-order valence-corrected chi connectivity index (χ0v) is 10.1. The SMILES string of the molecule is C[C@@H](NC(=O)CC(N)C1CC1)c1ccccn1. The first-order chi connectivity index (χ1) is 8.16. The lowest BCUT2D eigenvalue weighted by Crippen LogP contribution is -2.34. The minimum atomic E-state index is -0.0601. The molecule has 1 fully saturated rings. The summed E-state index contributed by atoms with van der Waals surface area (Å²) in [6.07, 6.45) is 4.49. The molecule has 17 heavy (non-hydrogen) atoms. The van der Waals surface area contributed by atoms with Crippen molar-refractivity contribution < 1.29 is 4.79 Å². The topological polar surface area (TPSA) is 68.0 Å². The fraction of sp³-hybridized carbons (Fsp3) is 0.538. The molecule has 0 radical (unpaired) electrons. The second-order valence-corrected chi connectivity index (χ2v) is 4.75. The molecule has 0 bridgehead atoms. The second-order valence-electron chi connectivity index (χ2n) is 4.75. The predicted molar refractivity (Wildman–Crippen MR) is 66.1 cm³/mol. The van der Waals surface area contributed by atoms with Crippen molar-refractivity contribution in [1.29, 1.82) is 0 Å². The third kappa shape index (κ3) is 3.53. The monoisotopic (exact) mass is 233 g/mol. The summed E-state index contributed by atoms with van der Waals surface area (Å²) < 4.78 is 0. The summed E-state index contributed by atoms with van der Waals surface area (Å²) in [5.41, 5.74) is 6.79. The molecule has 1 heterocycles. The van der Waals surface area contributed by atoms with Gasteiger partial charge in [-0.15, -0.1) is 0 Å². The van der Waals surface area contributed by atoms with E-state index in [9.17, 15) is 4.79 Å². The van der Waals surface area contributed by atoms with Gasteiger partial charge in [-0.3, -0.25) is 9.78 Å². The van der Waals surface area contributed by atoms with Crippen molar-refractivity contribution in [3.63, 3.8) is 0 Å². The third-order valence-corrected chi connectivity index (χ3v) is 3.16. The van der Waals surface area contributed by atoms with Crippen molar-refractivity contribution >= 4 is 5.91 Å². The molecule has 2 atom stereocenters. The number of rotatable bonds is 5. The molecule has 0 aliphatic heterocycles. The molecule has 1 saturated carbocycles. The number of hydrogen-bond acceptors (Lipinski definition) is 3. The summed E-state index contributed by atoms with van der Waals surface area (Å²) in [7, 11) is 0. The van der Waals surface area contributed by atoms with Crippen LogP contribution in [0.15, 0.2) is 24.4 Å². The largest absolute Gasteiger partial charge is 0.348 e. The van der Waals surface area contributed by atoms with Gasteiger partial charge in [-0.2, -0.15) is 0 Å². The van der Waals surface area contributed by atoms with Crippen molar-refractivity contribution in [2.45, 2.75) is 38.3 Å². The highest BCUT2D eigenvalue weighted by Crippen LogP contribution is 2.32. The van der Waals surface area contributed by atoms with Crippen LogP contribution < -0.4 is 11.1 Å². The van der Waals surface area contributed by atoms with Gasteiger partial charge in [0, 0.05) is 18.7 Å². The fourth-order valence-electron chi connectivity index (χ4n) is 1.91. The molecule has 1 aliphatic carbocycles. The van der Waals surface area contributed by atoms with E-state index in [0.717, 1.165) is 5.69 Å². The highest BCUT2D eigenvalue weighted by molar-refractivity contribution is 5.77. The molecule has 1 aliphatic rings. The van der Waals surface area contributed by atoms with Gasteiger partial charge in [0.15, 0.2) is 0 Å². The van der Waals surface area contributed by atoms with E-state index in [2.05, 4.69) is 10.3 Å². The summed E-state index contributed by atoms with van der Waals surface area (Å²) in [6.45, 7) is 1.93.